The molecule has 1 atom stereocenters. The fourth-order valence-corrected chi connectivity index (χ4v) is 1.88. The molecule has 0 aliphatic heterocycles. The SMILES string of the molecule is CCn1cc(Cl)cc1C(=O)N[C@@H](C(=O)O)C(C)C. The quantitative estimate of drug-likeness (QED) is 0.861. The van der Waals surface area contributed by atoms with Crippen LogP contribution in [0.25, 0.3) is 0 Å². The highest BCUT2D eigenvalue weighted by atomic mass is 35.5. The molecule has 0 saturated heterocycles. The number of aryl methyl sites for hydroxylation is 1. The molecule has 1 heterocycles. The lowest BCUT2D eigenvalue weighted by atomic mass is 10.0. The van der Waals surface area contributed by atoms with E-state index in [0.717, 1.165) is 0 Å². The van der Waals surface area contributed by atoms with Gasteiger partial charge in [-0.1, -0.05) is 25.4 Å². The van der Waals surface area contributed by atoms with E-state index in [1.54, 1.807) is 24.6 Å². The van der Waals surface area contributed by atoms with Gasteiger partial charge in [-0.2, -0.15) is 0 Å². The van der Waals surface area contributed by atoms with Crippen LogP contribution >= 0.6 is 11.6 Å². The van der Waals surface area contributed by atoms with E-state index in [0.29, 0.717) is 17.3 Å². The summed E-state index contributed by atoms with van der Waals surface area (Å²) in [6.45, 7) is 5.95. The van der Waals surface area contributed by atoms with Crippen LogP contribution in [0.15, 0.2) is 12.3 Å². The predicted octanol–water partition coefficient (Wildman–Crippen LogP) is 2.00. The van der Waals surface area contributed by atoms with Gasteiger partial charge in [-0.25, -0.2) is 4.79 Å². The molecule has 6 heteroatoms. The van der Waals surface area contributed by atoms with Gasteiger partial charge in [-0.3, -0.25) is 4.79 Å². The molecule has 5 nitrogen and oxygen atoms in total. The average Bonchev–Trinajstić information content (AvgIpc) is 2.66. The molecule has 0 bridgehead atoms. The Kier molecular flexibility index (Phi) is 4.78. The Hall–Kier alpha value is -1.49. The molecule has 1 aromatic rings. The van der Waals surface area contributed by atoms with Crippen molar-refractivity contribution in [3.8, 4) is 0 Å². The second-order valence-corrected chi connectivity index (χ2v) is 4.80. The van der Waals surface area contributed by atoms with E-state index in [9.17, 15) is 9.59 Å². The maximum Gasteiger partial charge on any atom is 0.326 e. The number of carboxylic acid groups (broad SMARTS) is 1. The number of hydrogen-bond donors (Lipinski definition) is 2. The van der Waals surface area contributed by atoms with E-state index >= 15 is 0 Å². The topological polar surface area (TPSA) is 71.3 Å². The number of rotatable bonds is 5. The van der Waals surface area contributed by atoms with Crippen molar-refractivity contribution in [1.29, 1.82) is 0 Å². The van der Waals surface area contributed by atoms with Crippen molar-refractivity contribution in [2.24, 2.45) is 5.92 Å². The Bertz CT molecular complexity index is 454. The highest BCUT2D eigenvalue weighted by molar-refractivity contribution is 6.31. The van der Waals surface area contributed by atoms with Gasteiger partial charge in [0.1, 0.15) is 11.7 Å². The van der Waals surface area contributed by atoms with Crippen LogP contribution in [0.1, 0.15) is 31.3 Å². The van der Waals surface area contributed by atoms with Crippen LogP contribution < -0.4 is 5.32 Å². The number of carbonyl (C=O) groups is 2. The standard InChI is InChI=1S/C12H17ClN2O3/c1-4-15-6-8(13)5-9(15)11(16)14-10(7(2)3)12(17)18/h5-7,10H,4H2,1-3H3,(H,14,16)(H,17,18)/t10-/m1/s1. The molecule has 0 spiro atoms. The summed E-state index contributed by atoms with van der Waals surface area (Å²) in [6.07, 6.45) is 1.64. The van der Waals surface area contributed by atoms with Crippen molar-refractivity contribution in [3.63, 3.8) is 0 Å². The summed E-state index contributed by atoms with van der Waals surface area (Å²) in [7, 11) is 0. The molecular weight excluding hydrogens is 256 g/mol. The first-order chi connectivity index (χ1) is 8.36. The van der Waals surface area contributed by atoms with E-state index in [1.165, 1.54) is 6.07 Å². The van der Waals surface area contributed by atoms with E-state index in [1.807, 2.05) is 6.92 Å². The lowest BCUT2D eigenvalue weighted by molar-refractivity contribution is -0.140. The minimum absolute atomic E-state index is 0.188. The zero-order valence-electron chi connectivity index (χ0n) is 10.6. The van der Waals surface area contributed by atoms with E-state index in [4.69, 9.17) is 16.7 Å². The molecular formula is C12H17ClN2O3. The molecule has 1 rings (SSSR count). The molecule has 0 saturated carbocycles. The van der Waals surface area contributed by atoms with Gasteiger partial charge in [-0.15, -0.1) is 0 Å². The number of carboxylic acids is 1. The lowest BCUT2D eigenvalue weighted by Crippen LogP contribution is -2.44. The molecule has 0 radical (unpaired) electrons. The molecule has 0 aliphatic carbocycles. The number of aromatic nitrogens is 1. The lowest BCUT2D eigenvalue weighted by Gasteiger charge is -2.18. The Morgan fingerprint density at radius 1 is 1.50 bits per heavy atom. The number of halogens is 1. The smallest absolute Gasteiger partial charge is 0.326 e. The summed E-state index contributed by atoms with van der Waals surface area (Å²) in [5.74, 6) is -1.66. The Morgan fingerprint density at radius 3 is 2.56 bits per heavy atom. The van der Waals surface area contributed by atoms with Crippen LogP contribution in [0.3, 0.4) is 0 Å². The monoisotopic (exact) mass is 272 g/mol. The molecule has 100 valence electrons. The summed E-state index contributed by atoms with van der Waals surface area (Å²) in [4.78, 5) is 23.0. The van der Waals surface area contributed by atoms with Crippen molar-refractivity contribution in [2.75, 3.05) is 0 Å². The maximum atomic E-state index is 12.0. The Morgan fingerprint density at radius 2 is 2.11 bits per heavy atom. The molecule has 1 amide bonds. The number of carbonyl (C=O) groups excluding carboxylic acids is 1. The van der Waals surface area contributed by atoms with Crippen LogP contribution in [0.2, 0.25) is 5.02 Å². The van der Waals surface area contributed by atoms with Gasteiger partial charge in [0.25, 0.3) is 5.91 Å². The van der Waals surface area contributed by atoms with Crippen LogP contribution in [0.5, 0.6) is 0 Å². The third-order valence-corrected chi connectivity index (χ3v) is 2.86. The third-order valence-electron chi connectivity index (χ3n) is 2.66. The largest absolute Gasteiger partial charge is 0.480 e. The van der Waals surface area contributed by atoms with Gasteiger partial charge in [0.05, 0.1) is 5.02 Å². The summed E-state index contributed by atoms with van der Waals surface area (Å²) in [6, 6.07) is 0.621. The normalized spacial score (nSPS) is 12.5. The van der Waals surface area contributed by atoms with Crippen molar-refractivity contribution in [3.05, 3.63) is 23.0 Å². The predicted molar refractivity (Wildman–Crippen MR) is 68.8 cm³/mol. The van der Waals surface area contributed by atoms with Crippen LogP contribution in [-0.2, 0) is 11.3 Å². The van der Waals surface area contributed by atoms with Gasteiger partial charge < -0.3 is 15.0 Å². The summed E-state index contributed by atoms with van der Waals surface area (Å²) < 4.78 is 1.68. The van der Waals surface area contributed by atoms with Gasteiger partial charge >= 0.3 is 5.97 Å². The summed E-state index contributed by atoms with van der Waals surface area (Å²) >= 11 is 5.83. The highest BCUT2D eigenvalue weighted by Gasteiger charge is 2.25. The number of nitrogens with zero attached hydrogens (tertiary/aromatic N) is 1. The molecule has 0 unspecified atom stereocenters. The van der Waals surface area contributed by atoms with Gasteiger partial charge in [0.15, 0.2) is 0 Å². The van der Waals surface area contributed by atoms with Crippen molar-refractivity contribution in [1.82, 2.24) is 9.88 Å². The molecule has 0 aromatic carbocycles. The van der Waals surface area contributed by atoms with Crippen molar-refractivity contribution < 1.29 is 14.7 Å². The van der Waals surface area contributed by atoms with E-state index in [-0.39, 0.29) is 5.92 Å². The van der Waals surface area contributed by atoms with Crippen molar-refractivity contribution >= 4 is 23.5 Å². The Balaban J connectivity index is 2.90. The molecule has 2 N–H and O–H groups in total. The van der Waals surface area contributed by atoms with Crippen LogP contribution in [-0.4, -0.2) is 27.6 Å². The molecule has 0 aliphatic rings. The summed E-state index contributed by atoms with van der Waals surface area (Å²) in [5, 5.41) is 12.0. The first-order valence-corrected chi connectivity index (χ1v) is 6.14. The minimum Gasteiger partial charge on any atom is -0.480 e. The first-order valence-electron chi connectivity index (χ1n) is 5.76. The fraction of sp³-hybridized carbons (Fsp3) is 0.500. The Labute approximate surface area is 111 Å². The van der Waals surface area contributed by atoms with Crippen LogP contribution in [0.4, 0.5) is 0 Å². The maximum absolute atomic E-state index is 12.0. The first kappa shape index (κ1) is 14.6. The number of hydrogen-bond acceptors (Lipinski definition) is 2. The molecule has 1 aromatic heterocycles. The number of aliphatic carboxylic acids is 1. The van der Waals surface area contributed by atoms with Crippen molar-refractivity contribution in [2.45, 2.75) is 33.4 Å². The summed E-state index contributed by atoms with van der Waals surface area (Å²) in [5.41, 5.74) is 0.370. The number of amides is 1. The van der Waals surface area contributed by atoms with Gasteiger partial charge in [-0.05, 0) is 18.9 Å². The van der Waals surface area contributed by atoms with E-state index < -0.39 is 17.9 Å². The fourth-order valence-electron chi connectivity index (χ4n) is 1.66. The second-order valence-electron chi connectivity index (χ2n) is 4.36. The minimum atomic E-state index is -1.04. The van der Waals surface area contributed by atoms with Gasteiger partial charge in [0.2, 0.25) is 0 Å². The third kappa shape index (κ3) is 3.26. The molecule has 18 heavy (non-hydrogen) atoms. The highest BCUT2D eigenvalue weighted by Crippen LogP contribution is 2.14. The zero-order valence-corrected chi connectivity index (χ0v) is 11.4. The van der Waals surface area contributed by atoms with Gasteiger partial charge in [0, 0.05) is 12.7 Å². The number of nitrogens with one attached hydrogen (secondary N) is 1. The molecule has 0 fully saturated rings. The van der Waals surface area contributed by atoms with E-state index in [2.05, 4.69) is 5.32 Å². The average molecular weight is 273 g/mol. The second kappa shape index (κ2) is 5.91. The zero-order chi connectivity index (χ0) is 13.9. The van der Waals surface area contributed by atoms with Crippen LogP contribution in [0, 0.1) is 5.92 Å².